The molecule has 0 aromatic carbocycles. The van der Waals surface area contributed by atoms with Crippen LogP contribution >= 0.6 is 0 Å². The summed E-state index contributed by atoms with van der Waals surface area (Å²) in [6, 6.07) is 0. The van der Waals surface area contributed by atoms with Crippen molar-refractivity contribution < 1.29 is 67.9 Å². The molecule has 0 saturated carbocycles. The normalized spacial score (nSPS) is 9.67. The molecule has 0 aliphatic heterocycles. The zero-order valence-electron chi connectivity index (χ0n) is 2.32. The second-order valence-electron chi connectivity index (χ2n) is 0.408. The van der Waals surface area contributed by atoms with Crippen LogP contribution in [0.4, 0.5) is 0 Å². The quantitative estimate of drug-likeness (QED) is 0.433. The van der Waals surface area contributed by atoms with Crippen LogP contribution in [0.1, 0.15) is 0 Å². The van der Waals surface area contributed by atoms with Crippen LogP contribution in [-0.2, 0) is 23.5 Å². The van der Waals surface area contributed by atoms with Crippen LogP contribution in [0.3, 0.4) is 0 Å². The maximum atomic E-state index is 8.65. The minimum absolute atomic E-state index is 0. The van der Waals surface area contributed by atoms with Gasteiger partial charge in [0.2, 0.25) is 0 Å². The van der Waals surface area contributed by atoms with Crippen molar-refractivity contribution in [3.8, 4) is 0 Å². The Kier molecular flexibility index (Phi) is 5.99. The molecule has 0 aliphatic carbocycles. The van der Waals surface area contributed by atoms with E-state index in [0.717, 1.165) is 0 Å². The van der Waals surface area contributed by atoms with Gasteiger partial charge >= 0.3 is 67.9 Å². The van der Waals surface area contributed by atoms with Crippen LogP contribution in [0.2, 0.25) is 0 Å². The minimum Gasteiger partial charge on any atom is 3.00 e. The van der Waals surface area contributed by atoms with Gasteiger partial charge < -0.3 is 0 Å². The summed E-state index contributed by atoms with van der Waals surface area (Å²) in [5, 5.41) is 0. The number of rotatable bonds is 0. The van der Waals surface area contributed by atoms with Crippen molar-refractivity contribution in [1.29, 1.82) is 0 Å². The van der Waals surface area contributed by atoms with Crippen LogP contribution in [0.15, 0.2) is 0 Å². The fourth-order valence-electron chi connectivity index (χ4n) is 0. The molecule has 0 aromatic rings. The van der Waals surface area contributed by atoms with Gasteiger partial charge in [-0.3, -0.25) is 0 Å². The summed E-state index contributed by atoms with van der Waals surface area (Å²) in [7, 11) is 0. The molecule has 0 unspecified atom stereocenters. The Morgan fingerprint density at radius 3 is 1.17 bits per heavy atom. The summed E-state index contributed by atoms with van der Waals surface area (Å²) < 4.78 is 34.6. The van der Waals surface area contributed by atoms with Crippen molar-refractivity contribution in [3.63, 3.8) is 0 Å². The molecule has 0 spiro atoms. The fraction of sp³-hybridized carbons (Fsp3) is 0. The third-order valence-electron chi connectivity index (χ3n) is 0. The Labute approximate surface area is 67.1 Å². The number of hydrogen-bond acceptors (Lipinski definition) is 4. The molecular formula is O4TmW+. The van der Waals surface area contributed by atoms with Crippen LogP contribution in [0.25, 0.3) is 0 Å². The summed E-state index contributed by atoms with van der Waals surface area (Å²) in [5.74, 6) is 0. The standard InChI is InChI=1S/4O.Tm.W/q;;2*-1;+3;. The first kappa shape index (κ1) is 10.4. The van der Waals surface area contributed by atoms with E-state index < -0.39 is 16.7 Å². The van der Waals surface area contributed by atoms with E-state index in [4.69, 9.17) is 14.3 Å². The topological polar surface area (TPSA) is 80.3 Å². The summed E-state index contributed by atoms with van der Waals surface area (Å²) in [5.41, 5.74) is 0. The molecule has 0 saturated heterocycles. The molecule has 4 nitrogen and oxygen atoms in total. The van der Waals surface area contributed by atoms with E-state index in [1.807, 2.05) is 0 Å². The Hall–Kier alpha value is 1.44. The summed E-state index contributed by atoms with van der Waals surface area (Å²) in [6.07, 6.45) is 0. The van der Waals surface area contributed by atoms with E-state index in [-0.39, 0.29) is 36.9 Å². The first-order chi connectivity index (χ1) is 2.00. The molecule has 0 radical (unpaired) electrons. The van der Waals surface area contributed by atoms with Crippen molar-refractivity contribution >= 4 is 0 Å². The van der Waals surface area contributed by atoms with Gasteiger partial charge in [-0.15, -0.1) is 0 Å². The summed E-state index contributed by atoms with van der Waals surface area (Å²) in [6.45, 7) is 0. The SMILES string of the molecule is [O]=[W](=[O])([O-])[O-].[Tm+3]. The molecule has 0 atom stereocenters. The van der Waals surface area contributed by atoms with Crippen molar-refractivity contribution in [2.75, 3.05) is 0 Å². The molecule has 6 heteroatoms. The van der Waals surface area contributed by atoms with E-state index in [1.165, 1.54) is 0 Å². The van der Waals surface area contributed by atoms with Gasteiger partial charge in [0.25, 0.3) is 0 Å². The van der Waals surface area contributed by atoms with Gasteiger partial charge in [0.1, 0.15) is 0 Å². The summed E-state index contributed by atoms with van der Waals surface area (Å²) in [4.78, 5) is 0. The van der Waals surface area contributed by atoms with E-state index in [9.17, 15) is 0 Å². The predicted molar refractivity (Wildman–Crippen MR) is 1.37 cm³/mol. The first-order valence-corrected chi connectivity index (χ1v) is 5.46. The average molecular weight is 417 g/mol. The molecule has 42 valence electrons. The van der Waals surface area contributed by atoms with E-state index >= 15 is 0 Å². The Balaban J connectivity index is 0. The van der Waals surface area contributed by atoms with E-state index in [1.54, 1.807) is 0 Å². The first-order valence-electron chi connectivity index (χ1n) is 0.667. The Morgan fingerprint density at radius 1 is 1.17 bits per heavy atom. The number of hydrogen-bond donors (Lipinski definition) is 0. The molecule has 0 N–H and O–H groups in total. The molecular weight excluding hydrogens is 417 g/mol. The van der Waals surface area contributed by atoms with Crippen LogP contribution in [-0.4, -0.2) is 0 Å². The van der Waals surface area contributed by atoms with Crippen LogP contribution in [0.5, 0.6) is 0 Å². The van der Waals surface area contributed by atoms with Crippen molar-refractivity contribution in [1.82, 2.24) is 0 Å². The van der Waals surface area contributed by atoms with Gasteiger partial charge in [0.05, 0.1) is 0 Å². The molecule has 6 heavy (non-hydrogen) atoms. The maximum absolute atomic E-state index is 8.65. The third kappa shape index (κ3) is 51.6. The second-order valence-corrected chi connectivity index (χ2v) is 3.34. The predicted octanol–water partition coefficient (Wildman–Crippen LogP) is -2.62. The zero-order chi connectivity index (χ0) is 4.50. The minimum atomic E-state index is -6.17. The van der Waals surface area contributed by atoms with E-state index in [2.05, 4.69) is 0 Å². The van der Waals surface area contributed by atoms with Gasteiger partial charge in [-0.25, -0.2) is 0 Å². The average Bonchev–Trinajstić information content (AvgIpc) is 0.722. The van der Waals surface area contributed by atoms with Gasteiger partial charge in [0, 0.05) is 0 Å². The molecule has 0 aliphatic rings. The van der Waals surface area contributed by atoms with Gasteiger partial charge in [-0.1, -0.05) is 0 Å². The van der Waals surface area contributed by atoms with E-state index in [0.29, 0.717) is 0 Å². The van der Waals surface area contributed by atoms with Gasteiger partial charge in [0.15, 0.2) is 0 Å². The summed E-state index contributed by atoms with van der Waals surface area (Å²) >= 11 is -6.17. The monoisotopic (exact) mass is 417 g/mol. The molecule has 0 fully saturated rings. The molecule has 0 bridgehead atoms. The largest absolute Gasteiger partial charge is 3.00 e. The zero-order valence-corrected chi connectivity index (χ0v) is 7.03. The second kappa shape index (κ2) is 3.44. The van der Waals surface area contributed by atoms with Crippen LogP contribution in [0, 0.1) is 36.9 Å². The molecule has 0 amide bonds. The van der Waals surface area contributed by atoms with Gasteiger partial charge in [-0.2, -0.15) is 0 Å². The van der Waals surface area contributed by atoms with Crippen molar-refractivity contribution in [2.24, 2.45) is 0 Å². The third-order valence-corrected chi connectivity index (χ3v) is 0. The Bertz CT molecular complexity index is 90.7. The Morgan fingerprint density at radius 2 is 1.17 bits per heavy atom. The smallest absolute Gasteiger partial charge is 3.00 e. The van der Waals surface area contributed by atoms with Crippen molar-refractivity contribution in [2.45, 2.75) is 0 Å². The fourth-order valence-corrected chi connectivity index (χ4v) is 0. The van der Waals surface area contributed by atoms with Gasteiger partial charge in [-0.05, 0) is 0 Å². The molecule has 0 aromatic heterocycles. The molecule has 0 heterocycles. The van der Waals surface area contributed by atoms with Crippen molar-refractivity contribution in [3.05, 3.63) is 0 Å². The maximum Gasteiger partial charge on any atom is 3.00 e. The van der Waals surface area contributed by atoms with Crippen LogP contribution < -0.4 is 7.52 Å². The molecule has 0 rings (SSSR count).